The Bertz CT molecular complexity index is 1120. The minimum absolute atomic E-state index is 0.0636. The predicted octanol–water partition coefficient (Wildman–Crippen LogP) is 4.62. The number of rotatable bonds is 6. The molecule has 2 N–H and O–H groups in total. The maximum absolute atomic E-state index is 11.9. The van der Waals surface area contributed by atoms with Crippen LogP contribution in [0, 0.1) is 5.92 Å². The highest BCUT2D eigenvalue weighted by molar-refractivity contribution is 6.37. The van der Waals surface area contributed by atoms with E-state index >= 15 is 0 Å². The van der Waals surface area contributed by atoms with Gasteiger partial charge in [0.1, 0.15) is 6.26 Å². The monoisotopic (exact) mass is 394 g/mol. The summed E-state index contributed by atoms with van der Waals surface area (Å²) in [5.41, 5.74) is 5.19. The molecule has 28 heavy (non-hydrogen) atoms. The second-order valence-corrected chi connectivity index (χ2v) is 7.58. The number of H-pyrrole nitrogens is 1. The Kier molecular flexibility index (Phi) is 4.20. The van der Waals surface area contributed by atoms with Crippen molar-refractivity contribution in [3.05, 3.63) is 65.3 Å². The molecule has 4 aromatic rings. The molecule has 5 rings (SSSR count). The maximum Gasteiger partial charge on any atom is 0.307 e. The third kappa shape index (κ3) is 3.20. The van der Waals surface area contributed by atoms with Crippen molar-refractivity contribution in [2.75, 3.05) is 0 Å². The number of halogens is 1. The summed E-state index contributed by atoms with van der Waals surface area (Å²) in [6.07, 6.45) is 5.47. The van der Waals surface area contributed by atoms with Crippen LogP contribution in [0.15, 0.2) is 53.3 Å². The molecule has 0 unspecified atom stereocenters. The minimum Gasteiger partial charge on any atom is -0.441 e. The zero-order valence-electron chi connectivity index (χ0n) is 15.1. The molecule has 0 aliphatic heterocycles. The summed E-state index contributed by atoms with van der Waals surface area (Å²) in [6.45, 7) is 1.45. The van der Waals surface area contributed by atoms with E-state index in [9.17, 15) is 4.79 Å². The number of oxazole rings is 1. The quantitative estimate of drug-likeness (QED) is 0.501. The molecule has 0 spiro atoms. The number of nitrogens with one attached hydrogen (secondary N) is 2. The smallest absolute Gasteiger partial charge is 0.307 e. The predicted molar refractivity (Wildman–Crippen MR) is 107 cm³/mol. The topological polar surface area (TPSA) is 75.8 Å². The largest absolute Gasteiger partial charge is 0.441 e. The van der Waals surface area contributed by atoms with E-state index in [0.29, 0.717) is 6.54 Å². The number of aromatic nitrogens is 3. The zero-order valence-corrected chi connectivity index (χ0v) is 15.9. The van der Waals surface area contributed by atoms with Gasteiger partial charge in [0.25, 0.3) is 5.89 Å². The molecule has 7 heteroatoms. The number of carbonyl (C=O) groups excluding carboxylic acids is 1. The number of hydrogen-bond donors (Lipinski definition) is 2. The number of benzene rings is 2. The van der Waals surface area contributed by atoms with Crippen LogP contribution < -0.4 is 5.32 Å². The first-order valence-electron chi connectivity index (χ1n) is 9.33. The van der Waals surface area contributed by atoms with Gasteiger partial charge in [-0.2, -0.15) is 0 Å². The molecule has 0 radical (unpaired) electrons. The molecular formula is C21H19ClN4O2. The summed E-state index contributed by atoms with van der Waals surface area (Å²) in [5, 5.41) is 6.90. The van der Waals surface area contributed by atoms with Crippen LogP contribution in [0.1, 0.15) is 29.1 Å². The van der Waals surface area contributed by atoms with E-state index in [1.54, 1.807) is 0 Å². The van der Waals surface area contributed by atoms with E-state index in [2.05, 4.69) is 32.2 Å². The van der Waals surface area contributed by atoms with E-state index in [-0.39, 0.29) is 11.8 Å². The van der Waals surface area contributed by atoms with Crippen LogP contribution in [0.3, 0.4) is 0 Å². The lowest BCUT2D eigenvalue weighted by atomic mass is 10.0. The van der Waals surface area contributed by atoms with E-state index in [4.69, 9.17) is 16.0 Å². The number of carbonyl (C=O) groups is 1. The van der Waals surface area contributed by atoms with Gasteiger partial charge in [-0.05, 0) is 36.0 Å². The van der Waals surface area contributed by atoms with Gasteiger partial charge < -0.3 is 9.73 Å². The van der Waals surface area contributed by atoms with Crippen molar-refractivity contribution in [2.24, 2.45) is 5.92 Å². The van der Waals surface area contributed by atoms with E-state index < -0.39 is 0 Å². The molecule has 6 nitrogen and oxygen atoms in total. The maximum atomic E-state index is 11.9. The second kappa shape index (κ2) is 6.87. The van der Waals surface area contributed by atoms with Crippen LogP contribution in [0.4, 0.5) is 0 Å². The van der Waals surface area contributed by atoms with Gasteiger partial charge in [0.05, 0.1) is 22.3 Å². The SMILES string of the molecule is O=C(NCc1ccc(-c2ccc3c([nH]n3CC3CC3)c2Cl)cc1)c1ncco1. The Hall–Kier alpha value is -2.99. The highest BCUT2D eigenvalue weighted by Gasteiger charge is 2.24. The van der Waals surface area contributed by atoms with Crippen molar-refractivity contribution in [1.29, 1.82) is 0 Å². The van der Waals surface area contributed by atoms with Crippen molar-refractivity contribution < 1.29 is 9.21 Å². The van der Waals surface area contributed by atoms with Gasteiger partial charge in [0.2, 0.25) is 0 Å². The molecule has 0 saturated heterocycles. The molecule has 1 aliphatic rings. The van der Waals surface area contributed by atoms with Crippen LogP contribution >= 0.6 is 11.6 Å². The van der Waals surface area contributed by atoms with Crippen LogP contribution in [-0.4, -0.2) is 20.7 Å². The third-order valence-electron chi connectivity index (χ3n) is 5.14. The average Bonchev–Trinajstić information content (AvgIpc) is 3.35. The number of nitrogens with zero attached hydrogens (tertiary/aromatic N) is 2. The fourth-order valence-corrected chi connectivity index (χ4v) is 3.67. The summed E-state index contributed by atoms with van der Waals surface area (Å²) < 4.78 is 7.17. The summed E-state index contributed by atoms with van der Waals surface area (Å²) >= 11 is 6.64. The molecule has 1 saturated carbocycles. The van der Waals surface area contributed by atoms with Crippen LogP contribution in [0.5, 0.6) is 0 Å². The summed E-state index contributed by atoms with van der Waals surface area (Å²) in [6, 6.07) is 12.2. The van der Waals surface area contributed by atoms with Gasteiger partial charge in [-0.25, -0.2) is 4.98 Å². The lowest BCUT2D eigenvalue weighted by molar-refractivity contribution is 0.0916. The first-order chi connectivity index (χ1) is 13.7. The molecular weight excluding hydrogens is 376 g/mol. The average molecular weight is 395 g/mol. The molecule has 2 aromatic heterocycles. The first-order valence-corrected chi connectivity index (χ1v) is 9.70. The van der Waals surface area contributed by atoms with Crippen molar-refractivity contribution in [3.63, 3.8) is 0 Å². The minimum atomic E-state index is -0.332. The van der Waals surface area contributed by atoms with Gasteiger partial charge in [-0.1, -0.05) is 41.9 Å². The number of fused-ring (bicyclic) bond motifs is 1. The molecule has 0 bridgehead atoms. The van der Waals surface area contributed by atoms with E-state index in [1.807, 2.05) is 24.3 Å². The molecule has 142 valence electrons. The van der Waals surface area contributed by atoms with Gasteiger partial charge in [0.15, 0.2) is 0 Å². The second-order valence-electron chi connectivity index (χ2n) is 7.20. The Balaban J connectivity index is 1.30. The van der Waals surface area contributed by atoms with Crippen molar-refractivity contribution in [1.82, 2.24) is 20.1 Å². The molecule has 0 atom stereocenters. The fourth-order valence-electron chi connectivity index (χ4n) is 3.36. The lowest BCUT2D eigenvalue weighted by Crippen LogP contribution is -2.22. The van der Waals surface area contributed by atoms with Crippen LogP contribution in [0.25, 0.3) is 22.2 Å². The van der Waals surface area contributed by atoms with Crippen molar-refractivity contribution in [3.8, 4) is 11.1 Å². The van der Waals surface area contributed by atoms with Crippen molar-refractivity contribution >= 4 is 28.5 Å². The van der Waals surface area contributed by atoms with Gasteiger partial charge in [0, 0.05) is 18.7 Å². The molecule has 1 amide bonds. The van der Waals surface area contributed by atoms with Gasteiger partial charge in [-0.15, -0.1) is 0 Å². The third-order valence-corrected chi connectivity index (χ3v) is 5.53. The lowest BCUT2D eigenvalue weighted by Gasteiger charge is -2.19. The summed E-state index contributed by atoms with van der Waals surface area (Å²) in [7, 11) is 0. The summed E-state index contributed by atoms with van der Waals surface area (Å²) in [4.78, 5) is 15.7. The standard InChI is InChI=1S/C21H19ClN4O2/c22-18-16(7-8-17-19(18)25-26(17)12-14-1-2-14)15-5-3-13(4-6-15)11-24-20(27)21-23-9-10-28-21/h3-10,14,25H,1-2,11-12H2,(H,24,27). The Morgan fingerprint density at radius 1 is 1.25 bits per heavy atom. The Morgan fingerprint density at radius 2 is 2.07 bits per heavy atom. The van der Waals surface area contributed by atoms with Gasteiger partial charge >= 0.3 is 5.91 Å². The first kappa shape index (κ1) is 17.1. The van der Waals surface area contributed by atoms with Crippen LogP contribution in [-0.2, 0) is 13.1 Å². The van der Waals surface area contributed by atoms with Gasteiger partial charge in [-0.3, -0.25) is 14.6 Å². The Labute approximate surface area is 166 Å². The van der Waals surface area contributed by atoms with E-state index in [0.717, 1.165) is 39.7 Å². The zero-order chi connectivity index (χ0) is 19.1. The molecule has 2 heterocycles. The molecule has 1 aliphatic carbocycles. The normalized spacial score (nSPS) is 13.9. The van der Waals surface area contributed by atoms with E-state index in [1.165, 1.54) is 30.8 Å². The highest BCUT2D eigenvalue weighted by Crippen LogP contribution is 2.37. The number of amides is 1. The van der Waals surface area contributed by atoms with Crippen LogP contribution in [0.2, 0.25) is 5.02 Å². The number of aromatic amines is 1. The molecule has 1 fully saturated rings. The molecule has 2 aromatic carbocycles. The Morgan fingerprint density at radius 3 is 2.79 bits per heavy atom. The number of hydrogen-bond acceptors (Lipinski definition) is 3. The highest BCUT2D eigenvalue weighted by atomic mass is 35.5. The summed E-state index contributed by atoms with van der Waals surface area (Å²) in [5.74, 6) is 0.547. The van der Waals surface area contributed by atoms with Crippen molar-refractivity contribution in [2.45, 2.75) is 25.9 Å². The fraction of sp³-hybridized carbons (Fsp3) is 0.238.